The lowest BCUT2D eigenvalue weighted by atomic mass is 10.4. The van der Waals surface area contributed by atoms with Gasteiger partial charge in [0, 0.05) is 0 Å². The molecule has 0 aliphatic rings. The number of pyridine rings is 1. The normalized spacial score (nSPS) is 9.27. The van der Waals surface area contributed by atoms with Gasteiger partial charge in [-0.15, -0.1) is 12.6 Å². The number of nitrogens with zero attached hydrogens (tertiary/aromatic N) is 1. The van der Waals surface area contributed by atoms with Crippen LogP contribution < -0.4 is 5.32 Å². The minimum Gasteiger partial charge on any atom is -0.340 e. The van der Waals surface area contributed by atoms with Crippen LogP contribution in [-0.2, 0) is 0 Å². The molecule has 0 aliphatic heterocycles. The number of aromatic nitrogens is 1. The van der Waals surface area contributed by atoms with Crippen molar-refractivity contribution in [1.29, 1.82) is 0 Å². The van der Waals surface area contributed by atoms with Crippen molar-refractivity contribution < 1.29 is 0 Å². The smallest absolute Gasteiger partial charge is 0.135 e. The Kier molecular flexibility index (Phi) is 3.11. The fourth-order valence-electron chi connectivity index (χ4n) is 0.573. The lowest BCUT2D eigenvalue weighted by molar-refractivity contribution is 1.33. The van der Waals surface area contributed by atoms with Crippen LogP contribution in [0.5, 0.6) is 0 Å². The van der Waals surface area contributed by atoms with Crippen molar-refractivity contribution in [2.75, 3.05) is 5.32 Å². The van der Waals surface area contributed by atoms with E-state index < -0.39 is 0 Å². The minimum absolute atomic E-state index is 0.411. The summed E-state index contributed by atoms with van der Waals surface area (Å²) in [5, 5.41) is 3.27. The van der Waals surface area contributed by atoms with E-state index in [0.29, 0.717) is 9.47 Å². The van der Waals surface area contributed by atoms with Crippen molar-refractivity contribution in [3.63, 3.8) is 0 Å². The fourth-order valence-corrected chi connectivity index (χ4v) is 0.932. The van der Waals surface area contributed by atoms with Gasteiger partial charge in [0.15, 0.2) is 0 Å². The number of thiol groups is 1. The van der Waals surface area contributed by atoms with Gasteiger partial charge in [-0.2, -0.15) is 0 Å². The van der Waals surface area contributed by atoms with Gasteiger partial charge in [-0.1, -0.05) is 23.8 Å². The van der Waals surface area contributed by atoms with E-state index in [2.05, 4.69) is 22.9 Å². The molecule has 0 atom stereocenters. The maximum Gasteiger partial charge on any atom is 0.135 e. The van der Waals surface area contributed by atoms with Gasteiger partial charge in [-0.3, -0.25) is 0 Å². The summed E-state index contributed by atoms with van der Waals surface area (Å²) >= 11 is 14.2. The molecule has 1 heterocycles. The van der Waals surface area contributed by atoms with E-state index in [1.165, 1.54) is 0 Å². The van der Waals surface area contributed by atoms with Crippen molar-refractivity contribution >= 4 is 46.5 Å². The lowest BCUT2D eigenvalue weighted by Crippen LogP contribution is -2.00. The molecule has 0 unspecified atom stereocenters. The maximum atomic E-state index is 5.56. The molecule has 58 valence electrons. The van der Waals surface area contributed by atoms with E-state index in [-0.39, 0.29) is 0 Å². The Morgan fingerprint density at radius 3 is 2.82 bits per heavy atom. The molecule has 11 heavy (non-hydrogen) atoms. The second-order valence-corrected chi connectivity index (χ2v) is 3.35. The summed E-state index contributed by atoms with van der Waals surface area (Å²) < 4.78 is 0.411. The molecule has 0 saturated carbocycles. The van der Waals surface area contributed by atoms with Gasteiger partial charge >= 0.3 is 0 Å². The predicted molar refractivity (Wildman–Crippen MR) is 54.5 cm³/mol. The zero-order chi connectivity index (χ0) is 8.27. The number of rotatable bonds is 1. The van der Waals surface area contributed by atoms with Crippen LogP contribution in [0.25, 0.3) is 0 Å². The third kappa shape index (κ3) is 3.05. The Hall–Kier alpha value is -0.320. The van der Waals surface area contributed by atoms with E-state index in [1.54, 1.807) is 18.3 Å². The first-order valence-electron chi connectivity index (χ1n) is 2.80. The molecular weight excluding hydrogens is 200 g/mol. The van der Waals surface area contributed by atoms with Crippen LogP contribution >= 0.6 is 36.4 Å². The van der Waals surface area contributed by atoms with E-state index >= 15 is 0 Å². The highest BCUT2D eigenvalue weighted by Gasteiger charge is 1.92. The van der Waals surface area contributed by atoms with Crippen molar-refractivity contribution in [1.82, 2.24) is 4.98 Å². The van der Waals surface area contributed by atoms with Crippen LogP contribution in [0.1, 0.15) is 0 Å². The maximum absolute atomic E-state index is 5.56. The third-order valence-corrected chi connectivity index (χ3v) is 1.42. The molecule has 0 aromatic carbocycles. The number of halogens is 1. The van der Waals surface area contributed by atoms with Crippen LogP contribution in [0.15, 0.2) is 18.3 Å². The fraction of sp³-hybridized carbons (Fsp3) is 0. The summed E-state index contributed by atoms with van der Waals surface area (Å²) in [6, 6.07) is 3.45. The summed E-state index contributed by atoms with van der Waals surface area (Å²) in [5.41, 5.74) is 0.786. The lowest BCUT2D eigenvalue weighted by Gasteiger charge is -2.00. The quantitative estimate of drug-likeness (QED) is 0.418. The molecule has 5 heteroatoms. The Morgan fingerprint density at radius 1 is 1.64 bits per heavy atom. The second-order valence-electron chi connectivity index (χ2n) is 1.80. The molecule has 0 radical (unpaired) electrons. The average molecular weight is 205 g/mol. The summed E-state index contributed by atoms with van der Waals surface area (Å²) in [7, 11) is 0. The molecule has 0 spiro atoms. The van der Waals surface area contributed by atoms with Crippen LogP contribution in [0.3, 0.4) is 0 Å². The molecule has 1 aromatic rings. The standard InChI is InChI=1S/C6H5ClN2S2/c7-5-2-1-4(3-8-5)9-6(10)11/h1-3H,(H2,9,10,11). The molecule has 0 bridgehead atoms. The van der Waals surface area contributed by atoms with Gasteiger partial charge in [0.1, 0.15) is 9.47 Å². The highest BCUT2D eigenvalue weighted by molar-refractivity contribution is 8.11. The van der Waals surface area contributed by atoms with Gasteiger partial charge in [0.05, 0.1) is 11.9 Å². The predicted octanol–water partition coefficient (Wildman–Crippen LogP) is 2.36. The van der Waals surface area contributed by atoms with E-state index in [1.807, 2.05) is 0 Å². The first-order valence-corrected chi connectivity index (χ1v) is 4.03. The number of thiocarbonyl (C=S) groups is 1. The molecule has 0 saturated heterocycles. The summed E-state index contributed by atoms with van der Waals surface area (Å²) in [5.74, 6) is 0. The molecule has 1 rings (SSSR count). The number of hydrogen-bond donors (Lipinski definition) is 2. The second kappa shape index (κ2) is 3.90. The number of anilines is 1. The molecule has 2 nitrogen and oxygen atoms in total. The first kappa shape index (κ1) is 8.77. The number of nitrogens with one attached hydrogen (secondary N) is 1. The van der Waals surface area contributed by atoms with E-state index in [9.17, 15) is 0 Å². The zero-order valence-electron chi connectivity index (χ0n) is 5.41. The van der Waals surface area contributed by atoms with Gasteiger partial charge in [0.25, 0.3) is 0 Å². The van der Waals surface area contributed by atoms with Crippen molar-refractivity contribution in [2.24, 2.45) is 0 Å². The Labute approximate surface area is 80.4 Å². The summed E-state index contributed by atoms with van der Waals surface area (Å²) in [6.45, 7) is 0. The van der Waals surface area contributed by atoms with Gasteiger partial charge < -0.3 is 5.32 Å². The van der Waals surface area contributed by atoms with Crippen LogP contribution in [0.2, 0.25) is 5.15 Å². The van der Waals surface area contributed by atoms with Crippen molar-refractivity contribution in [2.45, 2.75) is 0 Å². The first-order chi connectivity index (χ1) is 5.18. The zero-order valence-corrected chi connectivity index (χ0v) is 7.88. The van der Waals surface area contributed by atoms with E-state index in [0.717, 1.165) is 5.69 Å². The average Bonchev–Trinajstić information content (AvgIpc) is 1.93. The molecule has 0 aliphatic carbocycles. The van der Waals surface area contributed by atoms with Gasteiger partial charge in [-0.25, -0.2) is 4.98 Å². The molecule has 0 amide bonds. The Morgan fingerprint density at radius 2 is 2.36 bits per heavy atom. The SMILES string of the molecule is S=C(S)Nc1ccc(Cl)nc1. The Bertz CT molecular complexity index is 260. The van der Waals surface area contributed by atoms with Crippen LogP contribution in [0, 0.1) is 0 Å². The molecular formula is C6H5ClN2S2. The number of hydrogen-bond acceptors (Lipinski definition) is 2. The van der Waals surface area contributed by atoms with Crippen LogP contribution in [-0.4, -0.2) is 9.30 Å². The molecule has 0 fully saturated rings. The van der Waals surface area contributed by atoms with Crippen LogP contribution in [0.4, 0.5) is 5.69 Å². The topological polar surface area (TPSA) is 24.9 Å². The van der Waals surface area contributed by atoms with Gasteiger partial charge in [0.2, 0.25) is 0 Å². The highest BCUT2D eigenvalue weighted by Crippen LogP contribution is 2.09. The summed E-state index contributed by atoms with van der Waals surface area (Å²) in [4.78, 5) is 3.84. The van der Waals surface area contributed by atoms with E-state index in [4.69, 9.17) is 23.8 Å². The third-order valence-electron chi connectivity index (χ3n) is 0.979. The Balaban J connectivity index is 2.74. The largest absolute Gasteiger partial charge is 0.340 e. The van der Waals surface area contributed by atoms with Crippen molar-refractivity contribution in [3.05, 3.63) is 23.5 Å². The minimum atomic E-state index is 0.411. The summed E-state index contributed by atoms with van der Waals surface area (Å²) in [6.07, 6.45) is 1.59. The molecule has 1 N–H and O–H groups in total. The monoisotopic (exact) mass is 204 g/mol. The van der Waals surface area contributed by atoms with Crippen molar-refractivity contribution in [3.8, 4) is 0 Å². The van der Waals surface area contributed by atoms with Gasteiger partial charge in [-0.05, 0) is 12.1 Å². The molecule has 1 aromatic heterocycles. The highest BCUT2D eigenvalue weighted by atomic mass is 35.5.